The number of thioether (sulfide) groups is 1. The van der Waals surface area contributed by atoms with Crippen LogP contribution in [0, 0.1) is 5.92 Å². The molecule has 1 aliphatic rings. The Balaban J connectivity index is 0.00000289. The smallest absolute Gasteiger partial charge is 0.223 e. The highest BCUT2D eigenvalue weighted by Gasteiger charge is 2.23. The molecule has 1 amide bonds. The van der Waals surface area contributed by atoms with Gasteiger partial charge in [0.05, 0.1) is 0 Å². The van der Waals surface area contributed by atoms with Crippen molar-refractivity contribution in [1.82, 2.24) is 10.6 Å². The normalized spacial score (nSPS) is 23.2. The van der Waals surface area contributed by atoms with Crippen molar-refractivity contribution in [1.29, 1.82) is 0 Å². The van der Waals surface area contributed by atoms with Crippen LogP contribution in [-0.4, -0.2) is 48.3 Å². The molecule has 0 aliphatic carbocycles. The largest absolute Gasteiger partial charge is 0.396 e. The summed E-state index contributed by atoms with van der Waals surface area (Å²) in [6.45, 7) is 4.08. The molecule has 0 bridgehead atoms. The SMILES string of the molecule is C[C@H]1C[C@@H](C(=O)NCCSCCCO)CCN1.Cl. The third-order valence-corrected chi connectivity index (χ3v) is 4.06. The molecule has 1 fully saturated rings. The topological polar surface area (TPSA) is 61.4 Å². The molecule has 0 radical (unpaired) electrons. The molecule has 108 valence electrons. The van der Waals surface area contributed by atoms with E-state index >= 15 is 0 Å². The van der Waals surface area contributed by atoms with Gasteiger partial charge in [-0.1, -0.05) is 0 Å². The Morgan fingerprint density at radius 3 is 2.94 bits per heavy atom. The van der Waals surface area contributed by atoms with Crippen LogP contribution in [0.5, 0.6) is 0 Å². The zero-order valence-corrected chi connectivity index (χ0v) is 12.6. The van der Waals surface area contributed by atoms with E-state index in [4.69, 9.17) is 5.11 Å². The van der Waals surface area contributed by atoms with Gasteiger partial charge in [0.1, 0.15) is 0 Å². The second-order valence-electron chi connectivity index (χ2n) is 4.56. The number of hydrogen-bond acceptors (Lipinski definition) is 4. The number of halogens is 1. The van der Waals surface area contributed by atoms with Crippen molar-refractivity contribution in [3.63, 3.8) is 0 Å². The Bertz CT molecular complexity index is 232. The van der Waals surface area contributed by atoms with Crippen molar-refractivity contribution in [2.45, 2.75) is 32.2 Å². The number of aliphatic hydroxyl groups excluding tert-OH is 1. The second kappa shape index (κ2) is 10.9. The van der Waals surface area contributed by atoms with Crippen LogP contribution in [-0.2, 0) is 4.79 Å². The molecule has 0 spiro atoms. The molecule has 1 saturated heterocycles. The Hall–Kier alpha value is 0.0300. The number of rotatable bonds is 7. The minimum atomic E-state index is 0. The monoisotopic (exact) mass is 296 g/mol. The molecule has 1 heterocycles. The van der Waals surface area contributed by atoms with E-state index in [9.17, 15) is 4.79 Å². The van der Waals surface area contributed by atoms with E-state index < -0.39 is 0 Å². The molecule has 0 saturated carbocycles. The molecule has 18 heavy (non-hydrogen) atoms. The zero-order chi connectivity index (χ0) is 12.5. The molecular formula is C12H25ClN2O2S. The molecule has 0 aromatic carbocycles. The van der Waals surface area contributed by atoms with Crippen molar-refractivity contribution in [2.24, 2.45) is 5.92 Å². The first-order chi connectivity index (χ1) is 8.24. The van der Waals surface area contributed by atoms with Gasteiger partial charge in [0.15, 0.2) is 0 Å². The summed E-state index contributed by atoms with van der Waals surface area (Å²) >= 11 is 1.78. The summed E-state index contributed by atoms with van der Waals surface area (Å²) in [6.07, 6.45) is 2.74. The first-order valence-electron chi connectivity index (χ1n) is 6.43. The predicted molar refractivity (Wildman–Crippen MR) is 79.5 cm³/mol. The molecule has 6 heteroatoms. The van der Waals surface area contributed by atoms with Gasteiger partial charge in [-0.25, -0.2) is 0 Å². The Kier molecular flexibility index (Phi) is 10.9. The lowest BCUT2D eigenvalue weighted by atomic mass is 9.92. The van der Waals surface area contributed by atoms with Crippen LogP contribution in [0.25, 0.3) is 0 Å². The van der Waals surface area contributed by atoms with E-state index in [1.165, 1.54) is 0 Å². The van der Waals surface area contributed by atoms with Crippen molar-refractivity contribution >= 4 is 30.1 Å². The summed E-state index contributed by atoms with van der Waals surface area (Å²) in [7, 11) is 0. The van der Waals surface area contributed by atoms with Crippen LogP contribution in [0.3, 0.4) is 0 Å². The maximum Gasteiger partial charge on any atom is 0.223 e. The third kappa shape index (κ3) is 7.46. The minimum Gasteiger partial charge on any atom is -0.396 e. The summed E-state index contributed by atoms with van der Waals surface area (Å²) in [5.41, 5.74) is 0. The van der Waals surface area contributed by atoms with Gasteiger partial charge in [0, 0.05) is 30.9 Å². The van der Waals surface area contributed by atoms with Crippen LogP contribution < -0.4 is 10.6 Å². The summed E-state index contributed by atoms with van der Waals surface area (Å²) < 4.78 is 0. The minimum absolute atomic E-state index is 0. The summed E-state index contributed by atoms with van der Waals surface area (Å²) in [5, 5.41) is 15.0. The molecule has 2 atom stereocenters. The van der Waals surface area contributed by atoms with Crippen LogP contribution in [0.2, 0.25) is 0 Å². The van der Waals surface area contributed by atoms with E-state index in [2.05, 4.69) is 17.6 Å². The Morgan fingerprint density at radius 1 is 1.50 bits per heavy atom. The maximum atomic E-state index is 11.8. The van der Waals surface area contributed by atoms with Gasteiger partial charge in [-0.2, -0.15) is 11.8 Å². The highest BCUT2D eigenvalue weighted by Crippen LogP contribution is 2.15. The first-order valence-corrected chi connectivity index (χ1v) is 7.59. The highest BCUT2D eigenvalue weighted by atomic mass is 35.5. The summed E-state index contributed by atoms with van der Waals surface area (Å²) in [5.74, 6) is 2.30. The van der Waals surface area contributed by atoms with E-state index in [0.717, 1.165) is 43.9 Å². The average molecular weight is 297 g/mol. The van der Waals surface area contributed by atoms with Crippen LogP contribution in [0.1, 0.15) is 26.2 Å². The van der Waals surface area contributed by atoms with Crippen molar-refractivity contribution in [3.05, 3.63) is 0 Å². The third-order valence-electron chi connectivity index (χ3n) is 2.99. The number of carbonyl (C=O) groups is 1. The van der Waals surface area contributed by atoms with E-state index in [-0.39, 0.29) is 30.8 Å². The van der Waals surface area contributed by atoms with Crippen molar-refractivity contribution in [2.75, 3.05) is 31.2 Å². The standard InChI is InChI=1S/C12H24N2O2S.ClH/c1-10-9-11(3-4-13-10)12(16)14-5-8-17-7-2-6-15;/h10-11,13,15H,2-9H2,1H3,(H,14,16);1H/t10-,11-;/m0./s1. The molecular weight excluding hydrogens is 272 g/mol. The molecule has 0 unspecified atom stereocenters. The van der Waals surface area contributed by atoms with Gasteiger partial charge < -0.3 is 15.7 Å². The number of aliphatic hydroxyl groups is 1. The van der Waals surface area contributed by atoms with Gasteiger partial charge in [0.25, 0.3) is 0 Å². The summed E-state index contributed by atoms with van der Waals surface area (Å²) in [6, 6.07) is 0.457. The van der Waals surface area contributed by atoms with E-state index in [1.807, 2.05) is 0 Å². The average Bonchev–Trinajstić information content (AvgIpc) is 2.33. The van der Waals surface area contributed by atoms with Crippen molar-refractivity contribution in [3.8, 4) is 0 Å². The molecule has 1 rings (SSSR count). The van der Waals surface area contributed by atoms with Crippen LogP contribution in [0.4, 0.5) is 0 Å². The Labute approximate surface area is 120 Å². The van der Waals surface area contributed by atoms with Crippen molar-refractivity contribution < 1.29 is 9.90 Å². The van der Waals surface area contributed by atoms with Crippen LogP contribution >= 0.6 is 24.2 Å². The fourth-order valence-electron chi connectivity index (χ4n) is 2.03. The van der Waals surface area contributed by atoms with Gasteiger partial charge in [-0.05, 0) is 38.5 Å². The maximum absolute atomic E-state index is 11.8. The lowest BCUT2D eigenvalue weighted by molar-refractivity contribution is -0.125. The highest BCUT2D eigenvalue weighted by molar-refractivity contribution is 7.99. The number of carbonyl (C=O) groups excluding carboxylic acids is 1. The van der Waals surface area contributed by atoms with E-state index in [0.29, 0.717) is 6.04 Å². The fourth-order valence-corrected chi connectivity index (χ4v) is 2.81. The predicted octanol–water partition coefficient (Wildman–Crippen LogP) is 1.03. The van der Waals surface area contributed by atoms with Crippen LogP contribution in [0.15, 0.2) is 0 Å². The lowest BCUT2D eigenvalue weighted by Crippen LogP contribution is -2.42. The van der Waals surface area contributed by atoms with Gasteiger partial charge in [0.2, 0.25) is 5.91 Å². The number of hydrogen-bond donors (Lipinski definition) is 3. The van der Waals surface area contributed by atoms with Gasteiger partial charge in [-0.15, -0.1) is 12.4 Å². The van der Waals surface area contributed by atoms with Gasteiger partial charge in [-0.3, -0.25) is 4.79 Å². The molecule has 0 aromatic heterocycles. The fraction of sp³-hybridized carbons (Fsp3) is 0.917. The van der Waals surface area contributed by atoms with E-state index in [1.54, 1.807) is 11.8 Å². The quantitative estimate of drug-likeness (QED) is 0.614. The Morgan fingerprint density at radius 2 is 2.28 bits per heavy atom. The number of piperidine rings is 1. The molecule has 1 aliphatic heterocycles. The second-order valence-corrected chi connectivity index (χ2v) is 5.78. The first kappa shape index (κ1) is 18.0. The summed E-state index contributed by atoms with van der Waals surface area (Å²) in [4.78, 5) is 11.8. The number of nitrogens with one attached hydrogen (secondary N) is 2. The molecule has 3 N–H and O–H groups in total. The number of amides is 1. The zero-order valence-electron chi connectivity index (χ0n) is 11.0. The lowest BCUT2D eigenvalue weighted by Gasteiger charge is -2.27. The molecule has 0 aromatic rings. The van der Waals surface area contributed by atoms with Gasteiger partial charge >= 0.3 is 0 Å². The molecule has 4 nitrogen and oxygen atoms in total.